The third-order valence-electron chi connectivity index (χ3n) is 8.10. The van der Waals surface area contributed by atoms with Crippen molar-refractivity contribution in [3.63, 3.8) is 0 Å². The van der Waals surface area contributed by atoms with E-state index in [-0.39, 0.29) is 13.7 Å². The van der Waals surface area contributed by atoms with Gasteiger partial charge in [-0.05, 0) is 21.7 Å². The van der Waals surface area contributed by atoms with Crippen LogP contribution in [-0.4, -0.2) is 35.5 Å². The van der Waals surface area contributed by atoms with Gasteiger partial charge in [-0.15, -0.1) is 22.7 Å². The molecular weight excluding hydrogens is 510 g/mol. The Morgan fingerprint density at radius 2 is 1.05 bits per heavy atom. The first kappa shape index (κ1) is 20.6. The lowest BCUT2D eigenvalue weighted by molar-refractivity contribution is 0.904. The maximum absolute atomic E-state index is 4.93. The van der Waals surface area contributed by atoms with Gasteiger partial charge in [0.1, 0.15) is 11.0 Å². The largest absolute Gasteiger partial charge is 0.403 e. The van der Waals surface area contributed by atoms with Crippen LogP contribution in [0.3, 0.4) is 0 Å². The molecule has 3 aromatic heterocycles. The molecule has 9 heteroatoms. The van der Waals surface area contributed by atoms with E-state index in [0.717, 1.165) is 24.1 Å². The second-order valence-electron chi connectivity index (χ2n) is 9.83. The van der Waals surface area contributed by atoms with Crippen molar-refractivity contribution in [2.24, 2.45) is 0 Å². The monoisotopic (exact) mass is 528 g/mol. The summed E-state index contributed by atoms with van der Waals surface area (Å²) in [5, 5.41) is 4.50. The van der Waals surface area contributed by atoms with Crippen molar-refractivity contribution in [2.45, 2.75) is 0 Å². The van der Waals surface area contributed by atoms with Gasteiger partial charge in [0, 0.05) is 34.0 Å². The summed E-state index contributed by atoms with van der Waals surface area (Å²) in [6, 6.07) is 26.7. The molecule has 37 heavy (non-hydrogen) atoms. The molecule has 9 rings (SSSR count). The highest BCUT2D eigenvalue weighted by Crippen LogP contribution is 2.56. The van der Waals surface area contributed by atoms with E-state index in [1.54, 1.807) is 0 Å². The molecule has 0 N–H and O–H groups in total. The van der Waals surface area contributed by atoms with Crippen molar-refractivity contribution in [3.8, 4) is 20.9 Å². The molecule has 6 aromatic rings. The smallest absolute Gasteiger partial charge is 0.325 e. The van der Waals surface area contributed by atoms with Crippen LogP contribution in [0.25, 0.3) is 31.9 Å². The van der Waals surface area contributed by atoms with Crippen LogP contribution in [0, 0.1) is 0 Å². The van der Waals surface area contributed by atoms with Crippen LogP contribution >= 0.6 is 34.4 Å². The molecule has 0 saturated heterocycles. The van der Waals surface area contributed by atoms with Crippen molar-refractivity contribution in [1.82, 2.24) is 8.75 Å². The molecule has 0 fully saturated rings. The average molecular weight is 528 g/mol. The van der Waals surface area contributed by atoms with E-state index in [9.17, 15) is 0 Å². The lowest BCUT2D eigenvalue weighted by Gasteiger charge is -2.49. The van der Waals surface area contributed by atoms with Gasteiger partial charge in [-0.25, -0.2) is 0 Å². The summed E-state index contributed by atoms with van der Waals surface area (Å²) in [4.78, 5) is 8.01. The Bertz CT molecular complexity index is 1700. The Labute approximate surface area is 227 Å². The average Bonchev–Trinajstić information content (AvgIpc) is 3.72. The normalized spacial score (nSPS) is 15.1. The van der Waals surface area contributed by atoms with E-state index in [1.165, 1.54) is 65.8 Å². The fourth-order valence-corrected chi connectivity index (χ4v) is 9.24. The zero-order valence-electron chi connectivity index (χ0n) is 19.7. The van der Waals surface area contributed by atoms with Gasteiger partial charge in [0.15, 0.2) is 0 Å². The second-order valence-corrected chi connectivity index (χ2v) is 12.2. The van der Waals surface area contributed by atoms with Crippen LogP contribution in [0.2, 0.25) is 0 Å². The maximum Gasteiger partial charge on any atom is 0.325 e. The Kier molecular flexibility index (Phi) is 4.22. The van der Waals surface area contributed by atoms with Crippen LogP contribution in [0.15, 0.2) is 83.6 Å². The van der Waals surface area contributed by atoms with E-state index in [0.29, 0.717) is 0 Å². The third kappa shape index (κ3) is 2.64. The molecule has 3 aromatic carbocycles. The minimum Gasteiger partial charge on any atom is -0.403 e. The van der Waals surface area contributed by atoms with Crippen molar-refractivity contribution < 1.29 is 0 Å². The highest BCUT2D eigenvalue weighted by atomic mass is 32.1. The number of hydrogen-bond donors (Lipinski definition) is 0. The predicted molar refractivity (Wildman–Crippen MR) is 162 cm³/mol. The summed E-state index contributed by atoms with van der Waals surface area (Å²) in [5.41, 5.74) is 12.8. The van der Waals surface area contributed by atoms with Crippen molar-refractivity contribution >= 4 is 92.4 Å². The molecule has 0 atom stereocenters. The number of hydrogen-bond acceptors (Lipinski definition) is 7. The second kappa shape index (κ2) is 7.57. The molecule has 6 heterocycles. The summed E-state index contributed by atoms with van der Waals surface area (Å²) in [6.07, 6.45) is 0. The summed E-state index contributed by atoms with van der Waals surface area (Å²) in [5.74, 6) is 0. The number of nitrogens with zero attached hydrogens (tertiary/aromatic N) is 4. The van der Waals surface area contributed by atoms with E-state index in [2.05, 4.69) is 93.2 Å². The fraction of sp³-hybridized carbons (Fsp3) is 0.0714. The first-order valence-corrected chi connectivity index (χ1v) is 15.0. The Morgan fingerprint density at radius 1 is 0.595 bits per heavy atom. The van der Waals surface area contributed by atoms with Gasteiger partial charge < -0.3 is 9.62 Å². The molecule has 0 amide bonds. The standard InChI is InChI=1S/C28H18B2N4S3/c1-3-7-17(8-4-1)29-19-11-15-35-27(19)21-23-24(32-37-31-23)22-26-25(21)33(29)13-14-34(26)30(18-9-5-2-6-10-18)20-12-16-36-28(20)22/h1-12,15-16H,13-14H2. The van der Waals surface area contributed by atoms with Crippen LogP contribution in [-0.2, 0) is 0 Å². The molecule has 0 spiro atoms. The van der Waals surface area contributed by atoms with Gasteiger partial charge in [-0.3, -0.25) is 0 Å². The van der Waals surface area contributed by atoms with Crippen LogP contribution in [0.1, 0.15) is 0 Å². The van der Waals surface area contributed by atoms with Crippen LogP contribution < -0.4 is 31.5 Å². The van der Waals surface area contributed by atoms with Gasteiger partial charge in [0.2, 0.25) is 0 Å². The molecule has 0 saturated carbocycles. The van der Waals surface area contributed by atoms with E-state index >= 15 is 0 Å². The number of fused-ring (bicyclic) bond motifs is 7. The molecule has 0 unspecified atom stereocenters. The van der Waals surface area contributed by atoms with Gasteiger partial charge in [-0.1, -0.05) is 83.7 Å². The van der Waals surface area contributed by atoms with E-state index in [4.69, 9.17) is 8.75 Å². The highest BCUT2D eigenvalue weighted by Gasteiger charge is 2.48. The van der Waals surface area contributed by atoms with Crippen LogP contribution in [0.5, 0.6) is 0 Å². The molecule has 4 nitrogen and oxygen atoms in total. The minimum absolute atomic E-state index is 0.199. The zero-order valence-corrected chi connectivity index (χ0v) is 22.1. The Balaban J connectivity index is 1.42. The topological polar surface area (TPSA) is 32.3 Å². The summed E-state index contributed by atoms with van der Waals surface area (Å²) < 4.78 is 9.86. The first-order chi connectivity index (χ1) is 18.4. The molecule has 0 bridgehead atoms. The van der Waals surface area contributed by atoms with Gasteiger partial charge >= 0.3 is 13.7 Å². The molecule has 3 aliphatic heterocycles. The lowest BCUT2D eigenvalue weighted by atomic mass is 9.44. The molecule has 3 aliphatic rings. The summed E-state index contributed by atoms with van der Waals surface area (Å²) >= 11 is 5.03. The van der Waals surface area contributed by atoms with Gasteiger partial charge in [0.25, 0.3) is 0 Å². The summed E-state index contributed by atoms with van der Waals surface area (Å²) in [7, 11) is 0. The van der Waals surface area contributed by atoms with Gasteiger partial charge in [0.05, 0.1) is 23.1 Å². The van der Waals surface area contributed by atoms with E-state index < -0.39 is 0 Å². The van der Waals surface area contributed by atoms with Crippen LogP contribution in [0.4, 0.5) is 11.4 Å². The van der Waals surface area contributed by atoms with Gasteiger partial charge in [-0.2, -0.15) is 8.75 Å². The summed E-state index contributed by atoms with van der Waals surface area (Å²) in [6.45, 7) is 2.32. The molecule has 0 radical (unpaired) electrons. The van der Waals surface area contributed by atoms with Crippen molar-refractivity contribution in [2.75, 3.05) is 22.7 Å². The van der Waals surface area contributed by atoms with Crippen molar-refractivity contribution in [1.29, 1.82) is 0 Å². The maximum atomic E-state index is 4.93. The number of rotatable bonds is 2. The molecule has 174 valence electrons. The number of benzene rings is 3. The number of aromatic nitrogens is 2. The number of thiophene rings is 2. The molecular formula is C28H18B2N4S3. The third-order valence-corrected chi connectivity index (χ3v) is 10.5. The zero-order chi connectivity index (χ0) is 24.1. The Hall–Kier alpha value is -3.39. The minimum atomic E-state index is 0.199. The predicted octanol–water partition coefficient (Wildman–Crippen LogP) is 4.01. The number of anilines is 2. The Morgan fingerprint density at radius 3 is 1.51 bits per heavy atom. The lowest BCUT2D eigenvalue weighted by Crippen LogP contribution is -2.67. The fourth-order valence-electron chi connectivity index (χ4n) is 6.72. The highest BCUT2D eigenvalue weighted by molar-refractivity contribution is 7.18. The molecule has 0 aliphatic carbocycles. The first-order valence-electron chi connectivity index (χ1n) is 12.5. The van der Waals surface area contributed by atoms with E-state index in [1.807, 2.05) is 22.7 Å². The SMILES string of the molecule is c1ccc(B2c3ccsc3-c3c4c5c(c6nsnc36)-c3sccc3B(c3ccccc3)N5CCN24)cc1. The quantitative estimate of drug-likeness (QED) is 0.318. The van der Waals surface area contributed by atoms with Crippen molar-refractivity contribution in [3.05, 3.63) is 83.6 Å².